The van der Waals surface area contributed by atoms with Gasteiger partial charge in [-0.1, -0.05) is 23.2 Å². The summed E-state index contributed by atoms with van der Waals surface area (Å²) in [4.78, 5) is 15.9. The van der Waals surface area contributed by atoms with E-state index in [0.29, 0.717) is 23.1 Å². The molecule has 0 unspecified atom stereocenters. The Labute approximate surface area is 129 Å². The van der Waals surface area contributed by atoms with Gasteiger partial charge in [0.1, 0.15) is 0 Å². The van der Waals surface area contributed by atoms with Crippen molar-refractivity contribution in [2.75, 3.05) is 31.1 Å². The van der Waals surface area contributed by atoms with E-state index >= 15 is 0 Å². The van der Waals surface area contributed by atoms with Crippen molar-refractivity contribution in [2.45, 2.75) is 19.9 Å². The van der Waals surface area contributed by atoms with Crippen molar-refractivity contribution < 1.29 is 4.79 Å². The molecule has 0 bridgehead atoms. The largest absolute Gasteiger partial charge is 0.368 e. The Morgan fingerprint density at radius 3 is 2.15 bits per heavy atom. The monoisotopic (exact) mass is 315 g/mol. The van der Waals surface area contributed by atoms with Crippen molar-refractivity contribution >= 4 is 34.9 Å². The lowest BCUT2D eigenvalue weighted by Crippen LogP contribution is -2.52. The number of hydrogen-bond donors (Lipinski definition) is 1. The highest BCUT2D eigenvalue weighted by molar-refractivity contribution is 6.35. The Kier molecular flexibility index (Phi) is 5.00. The number of hydrogen-bond acceptors (Lipinski definition) is 2. The van der Waals surface area contributed by atoms with Gasteiger partial charge in [0.15, 0.2) is 0 Å². The number of nitrogens with zero attached hydrogens (tertiary/aromatic N) is 2. The maximum absolute atomic E-state index is 11.9. The van der Waals surface area contributed by atoms with Gasteiger partial charge in [-0.25, -0.2) is 4.79 Å². The summed E-state index contributed by atoms with van der Waals surface area (Å²) in [5.41, 5.74) is 1.01. The highest BCUT2D eigenvalue weighted by atomic mass is 35.5. The molecule has 1 heterocycles. The molecule has 1 aromatic rings. The molecule has 6 heteroatoms. The fraction of sp³-hybridized carbons (Fsp3) is 0.500. The summed E-state index contributed by atoms with van der Waals surface area (Å²) in [6.45, 7) is 6.87. The second-order valence-electron chi connectivity index (χ2n) is 5.21. The van der Waals surface area contributed by atoms with E-state index in [1.165, 1.54) is 0 Å². The van der Waals surface area contributed by atoms with Crippen molar-refractivity contribution in [3.63, 3.8) is 0 Å². The number of anilines is 1. The first-order valence-corrected chi connectivity index (χ1v) is 7.48. The van der Waals surface area contributed by atoms with Crippen molar-refractivity contribution in [2.24, 2.45) is 0 Å². The zero-order chi connectivity index (χ0) is 14.7. The van der Waals surface area contributed by atoms with Gasteiger partial charge in [0.2, 0.25) is 0 Å². The third-order valence-corrected chi connectivity index (χ3v) is 3.63. The molecule has 2 amide bonds. The fourth-order valence-corrected chi connectivity index (χ4v) is 2.74. The van der Waals surface area contributed by atoms with Crippen LogP contribution in [0.5, 0.6) is 0 Å². The Morgan fingerprint density at radius 2 is 1.65 bits per heavy atom. The zero-order valence-corrected chi connectivity index (χ0v) is 13.2. The molecular weight excluding hydrogens is 297 g/mol. The number of nitrogens with one attached hydrogen (secondary N) is 1. The molecule has 2 rings (SSSR count). The van der Waals surface area contributed by atoms with Crippen LogP contribution in [0.2, 0.25) is 10.0 Å². The first kappa shape index (κ1) is 15.3. The number of benzene rings is 1. The van der Waals surface area contributed by atoms with Crippen LogP contribution in [0.3, 0.4) is 0 Å². The normalized spacial score (nSPS) is 15.7. The molecule has 0 spiro atoms. The standard InChI is InChI=1S/C14H19Cl2N3O/c1-10(2)17-14(20)19-5-3-18(4-6-19)13-8-11(15)7-12(16)9-13/h7-10H,3-6H2,1-2H3,(H,17,20). The van der Waals surface area contributed by atoms with Crippen LogP contribution >= 0.6 is 23.2 Å². The first-order chi connectivity index (χ1) is 9.45. The quantitative estimate of drug-likeness (QED) is 0.909. The molecule has 4 nitrogen and oxygen atoms in total. The predicted octanol–water partition coefficient (Wildman–Crippen LogP) is 3.23. The van der Waals surface area contributed by atoms with Crippen molar-refractivity contribution in [3.8, 4) is 0 Å². The highest BCUT2D eigenvalue weighted by Crippen LogP contribution is 2.26. The van der Waals surface area contributed by atoms with E-state index in [1.807, 2.05) is 30.9 Å². The Bertz CT molecular complexity index is 465. The minimum atomic E-state index is 0.00350. The minimum Gasteiger partial charge on any atom is -0.368 e. The number of rotatable bonds is 2. The van der Waals surface area contributed by atoms with Crippen LogP contribution in [0, 0.1) is 0 Å². The average molecular weight is 316 g/mol. The summed E-state index contributed by atoms with van der Waals surface area (Å²) in [5, 5.41) is 4.18. The topological polar surface area (TPSA) is 35.6 Å². The molecule has 1 N–H and O–H groups in total. The number of amides is 2. The summed E-state index contributed by atoms with van der Waals surface area (Å²) in [6.07, 6.45) is 0. The highest BCUT2D eigenvalue weighted by Gasteiger charge is 2.21. The van der Waals surface area contributed by atoms with Gasteiger partial charge in [0.25, 0.3) is 0 Å². The molecule has 1 fully saturated rings. The minimum absolute atomic E-state index is 0.00350. The van der Waals surface area contributed by atoms with Crippen LogP contribution in [0.1, 0.15) is 13.8 Å². The summed E-state index contributed by atoms with van der Waals surface area (Å²) < 4.78 is 0. The van der Waals surface area contributed by atoms with Crippen LogP contribution in [-0.4, -0.2) is 43.2 Å². The van der Waals surface area contributed by atoms with Crippen molar-refractivity contribution in [1.29, 1.82) is 0 Å². The van der Waals surface area contributed by atoms with Crippen molar-refractivity contribution in [1.82, 2.24) is 10.2 Å². The predicted molar refractivity (Wildman–Crippen MR) is 83.9 cm³/mol. The third kappa shape index (κ3) is 3.93. The van der Waals surface area contributed by atoms with E-state index < -0.39 is 0 Å². The summed E-state index contributed by atoms with van der Waals surface area (Å²) in [7, 11) is 0. The maximum Gasteiger partial charge on any atom is 0.317 e. The van der Waals surface area contributed by atoms with Gasteiger partial charge in [0.05, 0.1) is 0 Å². The number of carbonyl (C=O) groups excluding carboxylic acids is 1. The molecule has 0 aromatic heterocycles. The van der Waals surface area contributed by atoms with Gasteiger partial charge < -0.3 is 15.1 Å². The lowest BCUT2D eigenvalue weighted by Gasteiger charge is -2.36. The number of carbonyl (C=O) groups is 1. The Balaban J connectivity index is 1.95. The Morgan fingerprint density at radius 1 is 1.10 bits per heavy atom. The van der Waals surface area contributed by atoms with Gasteiger partial charge in [-0.2, -0.15) is 0 Å². The van der Waals surface area contributed by atoms with Crippen LogP contribution in [-0.2, 0) is 0 Å². The lowest BCUT2D eigenvalue weighted by molar-refractivity contribution is 0.192. The van der Waals surface area contributed by atoms with Crippen LogP contribution in [0.15, 0.2) is 18.2 Å². The van der Waals surface area contributed by atoms with E-state index in [0.717, 1.165) is 18.8 Å². The lowest BCUT2D eigenvalue weighted by atomic mass is 10.2. The van der Waals surface area contributed by atoms with Crippen molar-refractivity contribution in [3.05, 3.63) is 28.2 Å². The zero-order valence-electron chi connectivity index (χ0n) is 11.7. The molecule has 110 valence electrons. The SMILES string of the molecule is CC(C)NC(=O)N1CCN(c2cc(Cl)cc(Cl)c2)CC1. The second kappa shape index (κ2) is 6.55. The molecular formula is C14H19Cl2N3O. The summed E-state index contributed by atoms with van der Waals surface area (Å²) in [5.74, 6) is 0. The third-order valence-electron chi connectivity index (χ3n) is 3.19. The van der Waals surface area contributed by atoms with Gasteiger partial charge in [-0.05, 0) is 32.0 Å². The van der Waals surface area contributed by atoms with Gasteiger partial charge in [0, 0.05) is 48.0 Å². The van der Waals surface area contributed by atoms with Gasteiger partial charge >= 0.3 is 6.03 Å². The van der Waals surface area contributed by atoms with Crippen LogP contribution < -0.4 is 10.2 Å². The van der Waals surface area contributed by atoms with E-state index in [1.54, 1.807) is 6.07 Å². The second-order valence-corrected chi connectivity index (χ2v) is 6.08. The molecule has 0 atom stereocenters. The molecule has 0 saturated carbocycles. The van der Waals surface area contributed by atoms with E-state index in [9.17, 15) is 4.79 Å². The molecule has 20 heavy (non-hydrogen) atoms. The molecule has 0 aliphatic carbocycles. The number of halogens is 2. The molecule has 0 radical (unpaired) electrons. The van der Waals surface area contributed by atoms with E-state index in [-0.39, 0.29) is 12.1 Å². The molecule has 1 aromatic carbocycles. The number of piperazine rings is 1. The fourth-order valence-electron chi connectivity index (χ4n) is 2.23. The summed E-state index contributed by atoms with van der Waals surface area (Å²) >= 11 is 12.0. The molecule has 1 saturated heterocycles. The van der Waals surface area contributed by atoms with Gasteiger partial charge in [-0.3, -0.25) is 0 Å². The van der Waals surface area contributed by atoms with E-state index in [4.69, 9.17) is 23.2 Å². The number of urea groups is 1. The molecule has 1 aliphatic rings. The maximum atomic E-state index is 11.9. The van der Waals surface area contributed by atoms with Gasteiger partial charge in [-0.15, -0.1) is 0 Å². The smallest absolute Gasteiger partial charge is 0.317 e. The van der Waals surface area contributed by atoms with Crippen LogP contribution in [0.4, 0.5) is 10.5 Å². The molecule has 1 aliphatic heterocycles. The summed E-state index contributed by atoms with van der Waals surface area (Å²) in [6, 6.07) is 5.68. The average Bonchev–Trinajstić information content (AvgIpc) is 2.37. The van der Waals surface area contributed by atoms with Crippen LogP contribution in [0.25, 0.3) is 0 Å². The van der Waals surface area contributed by atoms with E-state index in [2.05, 4.69) is 10.2 Å². The Hall–Kier alpha value is -1.13. The first-order valence-electron chi connectivity index (χ1n) is 6.72.